The van der Waals surface area contributed by atoms with Gasteiger partial charge in [0.25, 0.3) is 10.0 Å². The van der Waals surface area contributed by atoms with Gasteiger partial charge in [-0.05, 0) is 62.1 Å². The minimum Gasteiger partial charge on any atom is -0.352 e. The summed E-state index contributed by atoms with van der Waals surface area (Å²) in [5.41, 5.74) is 2.01. The van der Waals surface area contributed by atoms with E-state index in [1.807, 2.05) is 26.0 Å². The first kappa shape index (κ1) is 30.6. The van der Waals surface area contributed by atoms with Crippen molar-refractivity contribution >= 4 is 39.1 Å². The molecule has 0 radical (unpaired) electrons. The van der Waals surface area contributed by atoms with E-state index in [4.69, 9.17) is 11.6 Å². The van der Waals surface area contributed by atoms with Gasteiger partial charge in [-0.25, -0.2) is 8.42 Å². The smallest absolute Gasteiger partial charge is 0.264 e. The predicted molar refractivity (Wildman–Crippen MR) is 163 cm³/mol. The highest BCUT2D eigenvalue weighted by Gasteiger charge is 2.34. The molecule has 0 aromatic heterocycles. The van der Waals surface area contributed by atoms with Gasteiger partial charge in [-0.1, -0.05) is 91.9 Å². The van der Waals surface area contributed by atoms with Crippen molar-refractivity contribution < 1.29 is 18.0 Å². The molecular weight excluding hydrogens is 558 g/mol. The minimum absolute atomic E-state index is 0.0716. The van der Waals surface area contributed by atoms with E-state index in [0.29, 0.717) is 22.7 Å². The van der Waals surface area contributed by atoms with Crippen molar-refractivity contribution in [3.63, 3.8) is 0 Å². The molecule has 1 atom stereocenters. The Kier molecular flexibility index (Phi) is 10.5. The third kappa shape index (κ3) is 7.68. The van der Waals surface area contributed by atoms with E-state index < -0.39 is 28.5 Å². The number of nitrogens with one attached hydrogen (secondary N) is 1. The number of hydrogen-bond donors (Lipinski definition) is 1. The van der Waals surface area contributed by atoms with Crippen molar-refractivity contribution in [3.05, 3.63) is 95.0 Å². The Balaban J connectivity index is 1.70. The van der Waals surface area contributed by atoms with Crippen molar-refractivity contribution in [2.75, 3.05) is 10.8 Å². The summed E-state index contributed by atoms with van der Waals surface area (Å²) in [4.78, 5) is 29.3. The second-order valence-electron chi connectivity index (χ2n) is 10.5. The summed E-state index contributed by atoms with van der Waals surface area (Å²) in [7, 11) is -4.09. The highest BCUT2D eigenvalue weighted by molar-refractivity contribution is 7.92. The first-order valence-corrected chi connectivity index (χ1v) is 16.0. The lowest BCUT2D eigenvalue weighted by atomic mass is 9.95. The van der Waals surface area contributed by atoms with Crippen LogP contribution in [-0.2, 0) is 26.2 Å². The van der Waals surface area contributed by atoms with Crippen LogP contribution in [0.25, 0.3) is 0 Å². The van der Waals surface area contributed by atoms with E-state index in [9.17, 15) is 18.0 Å². The van der Waals surface area contributed by atoms with Gasteiger partial charge in [-0.3, -0.25) is 13.9 Å². The quantitative estimate of drug-likeness (QED) is 0.290. The number of nitrogens with zero attached hydrogens (tertiary/aromatic N) is 2. The molecule has 3 aromatic carbocycles. The zero-order valence-electron chi connectivity index (χ0n) is 23.6. The summed E-state index contributed by atoms with van der Waals surface area (Å²) >= 11 is 6.48. The van der Waals surface area contributed by atoms with Crippen molar-refractivity contribution in [1.82, 2.24) is 10.2 Å². The third-order valence-corrected chi connectivity index (χ3v) is 9.72. The van der Waals surface area contributed by atoms with E-state index in [2.05, 4.69) is 5.32 Å². The topological polar surface area (TPSA) is 86.8 Å². The Labute approximate surface area is 248 Å². The van der Waals surface area contributed by atoms with Crippen LogP contribution in [0.4, 0.5) is 5.69 Å². The van der Waals surface area contributed by atoms with Gasteiger partial charge in [-0.2, -0.15) is 0 Å². The molecular formula is C32H38ClN3O4S. The Bertz CT molecular complexity index is 1420. The average Bonchev–Trinajstić information content (AvgIpc) is 2.98. The highest BCUT2D eigenvalue weighted by Crippen LogP contribution is 2.26. The number of carbonyl (C=O) groups is 2. The zero-order valence-corrected chi connectivity index (χ0v) is 25.2. The minimum atomic E-state index is -4.09. The van der Waals surface area contributed by atoms with Crippen LogP contribution >= 0.6 is 11.6 Å². The first-order chi connectivity index (χ1) is 19.7. The molecule has 1 unspecified atom stereocenters. The Morgan fingerprint density at radius 1 is 0.927 bits per heavy atom. The standard InChI is InChI=1S/C32H38ClN3O4S/c1-3-30(32(38)34-26-13-6-4-7-14-26)35(22-25-12-10-11-17-29(25)33)31(37)23-36(27-20-18-24(2)19-21-27)41(39,40)28-15-8-5-9-16-28/h5,8-12,15-21,26,30H,3-4,6-7,13-14,22-23H2,1-2H3,(H,34,38). The fourth-order valence-corrected chi connectivity index (χ4v) is 6.86. The Morgan fingerprint density at radius 3 is 2.20 bits per heavy atom. The fourth-order valence-electron chi connectivity index (χ4n) is 5.23. The monoisotopic (exact) mass is 595 g/mol. The Morgan fingerprint density at radius 2 is 1.56 bits per heavy atom. The molecule has 0 saturated heterocycles. The molecule has 7 nitrogen and oxygen atoms in total. The van der Waals surface area contributed by atoms with Crippen LogP contribution in [0.5, 0.6) is 0 Å². The summed E-state index contributed by atoms with van der Waals surface area (Å²) in [6.07, 6.45) is 5.48. The normalized spacial score (nSPS) is 14.7. The van der Waals surface area contributed by atoms with E-state index in [1.54, 1.807) is 54.6 Å². The van der Waals surface area contributed by atoms with Gasteiger partial charge >= 0.3 is 0 Å². The fraction of sp³-hybridized carbons (Fsp3) is 0.375. The van der Waals surface area contributed by atoms with Gasteiger partial charge in [0, 0.05) is 17.6 Å². The zero-order chi connectivity index (χ0) is 29.4. The predicted octanol–water partition coefficient (Wildman–Crippen LogP) is 6.10. The van der Waals surface area contributed by atoms with Crippen LogP contribution in [-0.4, -0.2) is 43.8 Å². The molecule has 0 spiro atoms. The molecule has 9 heteroatoms. The number of halogens is 1. The molecule has 1 N–H and O–H groups in total. The van der Waals surface area contributed by atoms with E-state index >= 15 is 0 Å². The molecule has 1 aliphatic rings. The molecule has 1 fully saturated rings. The maximum atomic E-state index is 14.2. The van der Waals surface area contributed by atoms with Crippen LogP contribution < -0.4 is 9.62 Å². The molecule has 0 aliphatic heterocycles. The number of anilines is 1. The van der Waals surface area contributed by atoms with E-state index in [-0.39, 0.29) is 23.4 Å². The van der Waals surface area contributed by atoms with Gasteiger partial charge in [0.05, 0.1) is 10.6 Å². The van der Waals surface area contributed by atoms with Crippen LogP contribution in [0.1, 0.15) is 56.6 Å². The van der Waals surface area contributed by atoms with Crippen molar-refractivity contribution in [3.8, 4) is 0 Å². The van der Waals surface area contributed by atoms with Crippen LogP contribution in [0.3, 0.4) is 0 Å². The van der Waals surface area contributed by atoms with Crippen LogP contribution in [0.15, 0.2) is 83.8 Å². The summed E-state index contributed by atoms with van der Waals surface area (Å²) in [6.45, 7) is 3.36. The average molecular weight is 596 g/mol. The summed E-state index contributed by atoms with van der Waals surface area (Å²) in [5.74, 6) is -0.719. The summed E-state index contributed by atoms with van der Waals surface area (Å²) in [6, 6.07) is 21.5. The molecule has 218 valence electrons. The second kappa shape index (κ2) is 14.0. The van der Waals surface area contributed by atoms with Crippen LogP contribution in [0.2, 0.25) is 5.02 Å². The molecule has 2 amide bonds. The van der Waals surface area contributed by atoms with E-state index in [0.717, 1.165) is 42.0 Å². The lowest BCUT2D eigenvalue weighted by Gasteiger charge is -2.34. The van der Waals surface area contributed by atoms with Gasteiger partial charge < -0.3 is 10.2 Å². The number of benzene rings is 3. The maximum Gasteiger partial charge on any atom is 0.264 e. The summed E-state index contributed by atoms with van der Waals surface area (Å²) < 4.78 is 28.9. The number of sulfonamides is 1. The second-order valence-corrected chi connectivity index (χ2v) is 12.8. The number of amides is 2. The molecule has 4 rings (SSSR count). The molecule has 0 bridgehead atoms. The number of aryl methyl sites for hydroxylation is 1. The lowest BCUT2D eigenvalue weighted by Crippen LogP contribution is -2.54. The number of hydrogen-bond acceptors (Lipinski definition) is 4. The van der Waals surface area contributed by atoms with Crippen LogP contribution in [0, 0.1) is 6.92 Å². The lowest BCUT2D eigenvalue weighted by molar-refractivity contribution is -0.140. The number of carbonyl (C=O) groups excluding carboxylic acids is 2. The van der Waals surface area contributed by atoms with Crippen molar-refractivity contribution in [2.24, 2.45) is 0 Å². The van der Waals surface area contributed by atoms with Gasteiger partial charge in [0.15, 0.2) is 0 Å². The molecule has 1 aliphatic carbocycles. The molecule has 3 aromatic rings. The summed E-state index contributed by atoms with van der Waals surface area (Å²) in [5, 5.41) is 3.63. The van der Waals surface area contributed by atoms with Crippen molar-refractivity contribution in [1.29, 1.82) is 0 Å². The number of rotatable bonds is 11. The van der Waals surface area contributed by atoms with Gasteiger partial charge in [0.2, 0.25) is 11.8 Å². The van der Waals surface area contributed by atoms with Gasteiger partial charge in [0.1, 0.15) is 12.6 Å². The first-order valence-electron chi connectivity index (χ1n) is 14.2. The van der Waals surface area contributed by atoms with E-state index in [1.165, 1.54) is 17.0 Å². The largest absolute Gasteiger partial charge is 0.352 e. The molecule has 41 heavy (non-hydrogen) atoms. The maximum absolute atomic E-state index is 14.2. The van der Waals surface area contributed by atoms with Gasteiger partial charge in [-0.15, -0.1) is 0 Å². The molecule has 0 heterocycles. The molecule has 1 saturated carbocycles. The van der Waals surface area contributed by atoms with Crippen molar-refractivity contribution in [2.45, 2.75) is 75.9 Å². The highest BCUT2D eigenvalue weighted by atomic mass is 35.5. The Hall–Kier alpha value is -3.36. The third-order valence-electron chi connectivity index (χ3n) is 7.57. The SMILES string of the molecule is CCC(C(=O)NC1CCCCC1)N(Cc1ccccc1Cl)C(=O)CN(c1ccc(C)cc1)S(=O)(=O)c1ccccc1.